The zero-order chi connectivity index (χ0) is 13.3. The molecular formula is C12H11BrClN3O. The molecule has 0 radical (unpaired) electrons. The van der Waals surface area contributed by atoms with Crippen LogP contribution in [-0.4, -0.2) is 14.5 Å². The molecule has 2 heterocycles. The van der Waals surface area contributed by atoms with Crippen molar-refractivity contribution in [3.05, 3.63) is 55.4 Å². The highest BCUT2D eigenvalue weighted by molar-refractivity contribution is 9.10. The maximum Gasteiger partial charge on any atom is 0.348 e. The van der Waals surface area contributed by atoms with E-state index in [1.54, 1.807) is 23.8 Å². The van der Waals surface area contributed by atoms with Gasteiger partial charge in [-0.25, -0.2) is 9.78 Å². The molecule has 0 unspecified atom stereocenters. The third kappa shape index (κ3) is 2.62. The van der Waals surface area contributed by atoms with Crippen molar-refractivity contribution in [2.24, 2.45) is 0 Å². The van der Waals surface area contributed by atoms with Crippen LogP contribution in [-0.2, 0) is 6.54 Å². The first-order valence-corrected chi connectivity index (χ1v) is 6.50. The molecule has 0 aliphatic rings. The van der Waals surface area contributed by atoms with Gasteiger partial charge in [0.1, 0.15) is 5.15 Å². The summed E-state index contributed by atoms with van der Waals surface area (Å²) < 4.78 is 2.45. The van der Waals surface area contributed by atoms with E-state index >= 15 is 0 Å². The molecule has 0 spiro atoms. The Kier molecular flexibility index (Phi) is 3.82. The lowest BCUT2D eigenvalue weighted by atomic mass is 10.2. The molecule has 0 saturated carbocycles. The Hall–Kier alpha value is -1.20. The van der Waals surface area contributed by atoms with Crippen LogP contribution < -0.4 is 5.69 Å². The van der Waals surface area contributed by atoms with E-state index in [4.69, 9.17) is 11.6 Å². The molecule has 4 nitrogen and oxygen atoms in total. The van der Waals surface area contributed by atoms with Gasteiger partial charge in [0.15, 0.2) is 0 Å². The molecule has 2 aromatic rings. The van der Waals surface area contributed by atoms with E-state index in [0.717, 1.165) is 15.7 Å². The largest absolute Gasteiger partial charge is 0.348 e. The predicted molar refractivity (Wildman–Crippen MR) is 74.0 cm³/mol. The summed E-state index contributed by atoms with van der Waals surface area (Å²) in [5.41, 5.74) is 2.20. The molecule has 2 aromatic heterocycles. The first kappa shape index (κ1) is 13.2. The molecule has 0 aromatic carbocycles. The number of rotatable bonds is 2. The van der Waals surface area contributed by atoms with Crippen LogP contribution in [0.2, 0.25) is 5.15 Å². The zero-order valence-electron chi connectivity index (χ0n) is 9.94. The molecule has 0 aliphatic carbocycles. The second kappa shape index (κ2) is 5.20. The monoisotopic (exact) mass is 327 g/mol. The van der Waals surface area contributed by atoms with Crippen LogP contribution in [0.4, 0.5) is 0 Å². The normalized spacial score (nSPS) is 10.7. The Bertz CT molecular complexity index is 654. The average Bonchev–Trinajstić information content (AvgIpc) is 2.32. The second-order valence-corrected chi connectivity index (χ2v) is 5.13. The minimum atomic E-state index is -0.263. The predicted octanol–water partition coefficient (Wildman–Crippen LogP) is 2.72. The van der Waals surface area contributed by atoms with E-state index in [2.05, 4.69) is 25.9 Å². The van der Waals surface area contributed by atoms with Gasteiger partial charge < -0.3 is 0 Å². The Morgan fingerprint density at radius 1 is 1.44 bits per heavy atom. The second-order valence-electron chi connectivity index (χ2n) is 3.95. The topological polar surface area (TPSA) is 47.8 Å². The summed E-state index contributed by atoms with van der Waals surface area (Å²) in [6, 6.07) is 3.56. The van der Waals surface area contributed by atoms with Gasteiger partial charge in [-0.3, -0.25) is 4.57 Å². The minimum absolute atomic E-state index is 0.263. The molecule has 94 valence electrons. The van der Waals surface area contributed by atoms with Gasteiger partial charge in [-0.05, 0) is 47.5 Å². The molecule has 0 amide bonds. The molecule has 0 fully saturated rings. The average molecular weight is 329 g/mol. The van der Waals surface area contributed by atoms with Gasteiger partial charge in [0.2, 0.25) is 0 Å². The van der Waals surface area contributed by atoms with E-state index < -0.39 is 0 Å². The number of aryl methyl sites for hydroxylation is 1. The lowest BCUT2D eigenvalue weighted by Crippen LogP contribution is -2.26. The number of halogens is 2. The smallest absolute Gasteiger partial charge is 0.291 e. The van der Waals surface area contributed by atoms with Crippen molar-refractivity contribution >= 4 is 27.5 Å². The summed E-state index contributed by atoms with van der Waals surface area (Å²) in [7, 11) is 0. The number of hydrogen-bond donors (Lipinski definition) is 0. The van der Waals surface area contributed by atoms with Gasteiger partial charge in [-0.1, -0.05) is 11.6 Å². The van der Waals surface area contributed by atoms with Crippen LogP contribution in [0.15, 0.2) is 27.6 Å². The van der Waals surface area contributed by atoms with Gasteiger partial charge in [-0.15, -0.1) is 0 Å². The lowest BCUT2D eigenvalue weighted by Gasteiger charge is -2.12. The van der Waals surface area contributed by atoms with Gasteiger partial charge in [-0.2, -0.15) is 4.98 Å². The van der Waals surface area contributed by atoms with E-state index in [0.29, 0.717) is 17.4 Å². The summed E-state index contributed by atoms with van der Waals surface area (Å²) in [4.78, 5) is 19.8. The van der Waals surface area contributed by atoms with Gasteiger partial charge in [0.05, 0.1) is 16.7 Å². The Balaban J connectivity index is 2.47. The lowest BCUT2D eigenvalue weighted by molar-refractivity contribution is 0.688. The van der Waals surface area contributed by atoms with Crippen molar-refractivity contribution in [1.82, 2.24) is 14.5 Å². The summed E-state index contributed by atoms with van der Waals surface area (Å²) in [5, 5.41) is 0.414. The third-order valence-corrected chi connectivity index (χ3v) is 4.02. The fraction of sp³-hybridized carbons (Fsp3) is 0.250. The molecule has 0 bridgehead atoms. The highest BCUT2D eigenvalue weighted by Crippen LogP contribution is 2.17. The molecule has 18 heavy (non-hydrogen) atoms. The summed E-state index contributed by atoms with van der Waals surface area (Å²) in [6.07, 6.45) is 1.62. The summed E-state index contributed by atoms with van der Waals surface area (Å²) in [6.45, 7) is 4.11. The number of aromatic nitrogens is 3. The molecule has 0 saturated heterocycles. The van der Waals surface area contributed by atoms with Crippen LogP contribution in [0.5, 0.6) is 0 Å². The van der Waals surface area contributed by atoms with Crippen LogP contribution in [0.3, 0.4) is 0 Å². The fourth-order valence-electron chi connectivity index (χ4n) is 1.69. The van der Waals surface area contributed by atoms with Crippen LogP contribution in [0, 0.1) is 13.8 Å². The SMILES string of the molecule is Cc1nc(=O)n(Cc2ccnc(Cl)c2)c(C)c1Br. The van der Waals surface area contributed by atoms with Crippen molar-refractivity contribution in [3.63, 3.8) is 0 Å². The molecule has 0 N–H and O–H groups in total. The fourth-order valence-corrected chi connectivity index (χ4v) is 2.19. The maximum absolute atomic E-state index is 11.9. The number of hydrogen-bond acceptors (Lipinski definition) is 3. The van der Waals surface area contributed by atoms with Crippen molar-refractivity contribution in [2.75, 3.05) is 0 Å². The highest BCUT2D eigenvalue weighted by atomic mass is 79.9. The Labute approximate surface area is 118 Å². The van der Waals surface area contributed by atoms with E-state index in [1.165, 1.54) is 0 Å². The summed E-state index contributed by atoms with van der Waals surface area (Å²) in [5.74, 6) is 0. The van der Waals surface area contributed by atoms with Crippen molar-refractivity contribution < 1.29 is 0 Å². The number of pyridine rings is 1. The first-order valence-electron chi connectivity index (χ1n) is 5.33. The number of nitrogens with zero attached hydrogens (tertiary/aromatic N) is 3. The highest BCUT2D eigenvalue weighted by Gasteiger charge is 2.09. The van der Waals surface area contributed by atoms with Gasteiger partial charge in [0, 0.05) is 11.9 Å². The molecule has 0 aliphatic heterocycles. The van der Waals surface area contributed by atoms with Gasteiger partial charge >= 0.3 is 5.69 Å². The summed E-state index contributed by atoms with van der Waals surface area (Å²) >= 11 is 9.26. The molecule has 0 atom stereocenters. The quantitative estimate of drug-likeness (QED) is 0.796. The zero-order valence-corrected chi connectivity index (χ0v) is 12.3. The minimum Gasteiger partial charge on any atom is -0.291 e. The third-order valence-electron chi connectivity index (χ3n) is 2.67. The van der Waals surface area contributed by atoms with E-state index in [9.17, 15) is 4.79 Å². The Morgan fingerprint density at radius 3 is 2.83 bits per heavy atom. The van der Waals surface area contributed by atoms with Crippen LogP contribution in [0.1, 0.15) is 17.0 Å². The molecule has 6 heteroatoms. The molecular weight excluding hydrogens is 318 g/mol. The van der Waals surface area contributed by atoms with Crippen LogP contribution >= 0.6 is 27.5 Å². The van der Waals surface area contributed by atoms with Crippen LogP contribution in [0.25, 0.3) is 0 Å². The van der Waals surface area contributed by atoms with Crippen molar-refractivity contribution in [3.8, 4) is 0 Å². The standard InChI is InChI=1S/C12H11BrClN3O/c1-7-11(13)8(2)17(12(18)16-7)6-9-3-4-15-10(14)5-9/h3-5H,6H2,1-2H3. The van der Waals surface area contributed by atoms with E-state index in [-0.39, 0.29) is 5.69 Å². The van der Waals surface area contributed by atoms with E-state index in [1.807, 2.05) is 13.0 Å². The molecule has 2 rings (SSSR count). The van der Waals surface area contributed by atoms with Crippen molar-refractivity contribution in [2.45, 2.75) is 20.4 Å². The first-order chi connectivity index (χ1) is 8.49. The Morgan fingerprint density at radius 2 is 2.17 bits per heavy atom. The van der Waals surface area contributed by atoms with Gasteiger partial charge in [0.25, 0.3) is 0 Å². The maximum atomic E-state index is 11.9. The van der Waals surface area contributed by atoms with Crippen molar-refractivity contribution in [1.29, 1.82) is 0 Å².